The maximum Gasteiger partial charge on any atom is 0.281 e. The predicted molar refractivity (Wildman–Crippen MR) is 94.7 cm³/mol. The molecule has 1 N–H and O–H groups in total. The minimum Gasteiger partial charge on any atom is -0.356 e. The van der Waals surface area contributed by atoms with Gasteiger partial charge in [0.25, 0.3) is 10.2 Å². The summed E-state index contributed by atoms with van der Waals surface area (Å²) in [5.41, 5.74) is 1.27. The molecule has 134 valence electrons. The zero-order valence-electron chi connectivity index (χ0n) is 14.4. The normalized spacial score (nSPS) is 17.1. The second-order valence-electron chi connectivity index (χ2n) is 6.34. The van der Waals surface area contributed by atoms with Crippen molar-refractivity contribution in [2.45, 2.75) is 25.7 Å². The predicted octanol–water partition coefficient (Wildman–Crippen LogP) is 1.25. The van der Waals surface area contributed by atoms with Crippen LogP contribution >= 0.6 is 0 Å². The molecule has 0 aromatic heterocycles. The lowest BCUT2D eigenvalue weighted by Gasteiger charge is -2.32. The molecule has 1 aromatic carbocycles. The van der Waals surface area contributed by atoms with E-state index < -0.39 is 10.2 Å². The summed E-state index contributed by atoms with van der Waals surface area (Å²) in [6.07, 6.45) is 3.01. The third kappa shape index (κ3) is 5.03. The quantitative estimate of drug-likeness (QED) is 0.750. The van der Waals surface area contributed by atoms with Crippen LogP contribution in [0.4, 0.5) is 0 Å². The van der Waals surface area contributed by atoms with Crippen molar-refractivity contribution in [2.24, 2.45) is 5.92 Å². The summed E-state index contributed by atoms with van der Waals surface area (Å²) in [5.74, 6) is -0.0414. The molecule has 0 radical (unpaired) electrons. The average Bonchev–Trinajstić information content (AvgIpc) is 2.59. The molecule has 2 rings (SSSR count). The average molecular weight is 353 g/mol. The second-order valence-corrected chi connectivity index (χ2v) is 8.49. The van der Waals surface area contributed by atoms with Crippen LogP contribution < -0.4 is 5.32 Å². The first-order valence-electron chi connectivity index (χ1n) is 8.40. The van der Waals surface area contributed by atoms with Crippen LogP contribution in [0.15, 0.2) is 30.3 Å². The molecule has 1 aliphatic heterocycles. The Morgan fingerprint density at radius 3 is 2.42 bits per heavy atom. The van der Waals surface area contributed by atoms with Gasteiger partial charge in [-0.25, -0.2) is 0 Å². The minimum atomic E-state index is -3.37. The van der Waals surface area contributed by atoms with E-state index in [1.807, 2.05) is 18.2 Å². The van der Waals surface area contributed by atoms with Gasteiger partial charge in [-0.3, -0.25) is 4.79 Å². The van der Waals surface area contributed by atoms with Gasteiger partial charge in [-0.15, -0.1) is 0 Å². The van der Waals surface area contributed by atoms with Crippen molar-refractivity contribution in [3.05, 3.63) is 35.9 Å². The highest BCUT2D eigenvalue weighted by Gasteiger charge is 2.31. The van der Waals surface area contributed by atoms with Crippen molar-refractivity contribution >= 4 is 16.1 Å². The number of nitrogens with one attached hydrogen (secondary N) is 1. The van der Waals surface area contributed by atoms with Crippen LogP contribution in [0.3, 0.4) is 0 Å². The highest BCUT2D eigenvalue weighted by Crippen LogP contribution is 2.20. The molecule has 6 nitrogen and oxygen atoms in total. The fraction of sp³-hybridized carbons (Fsp3) is 0.588. The van der Waals surface area contributed by atoms with Crippen molar-refractivity contribution in [3.63, 3.8) is 0 Å². The van der Waals surface area contributed by atoms with Crippen LogP contribution in [-0.4, -0.2) is 56.7 Å². The summed E-state index contributed by atoms with van der Waals surface area (Å²) in [7, 11) is -0.308. The molecule has 1 amide bonds. The summed E-state index contributed by atoms with van der Waals surface area (Å²) in [6.45, 7) is 1.47. The number of benzene rings is 1. The van der Waals surface area contributed by atoms with Crippen LogP contribution in [0.25, 0.3) is 0 Å². The van der Waals surface area contributed by atoms with Crippen molar-refractivity contribution in [2.75, 3.05) is 33.7 Å². The first kappa shape index (κ1) is 18.9. The van der Waals surface area contributed by atoms with Crippen LogP contribution in [0.1, 0.15) is 24.8 Å². The van der Waals surface area contributed by atoms with Gasteiger partial charge in [-0.05, 0) is 31.2 Å². The van der Waals surface area contributed by atoms with E-state index in [-0.39, 0.29) is 11.8 Å². The highest BCUT2D eigenvalue weighted by molar-refractivity contribution is 7.86. The smallest absolute Gasteiger partial charge is 0.281 e. The number of hydrogen-bond donors (Lipinski definition) is 1. The Labute approximate surface area is 145 Å². The molecule has 0 aliphatic carbocycles. The number of rotatable bonds is 7. The Balaban J connectivity index is 1.69. The molecular weight excluding hydrogens is 326 g/mol. The van der Waals surface area contributed by atoms with Gasteiger partial charge in [-0.2, -0.15) is 17.0 Å². The summed E-state index contributed by atoms with van der Waals surface area (Å²) in [6, 6.07) is 10.2. The lowest BCUT2D eigenvalue weighted by molar-refractivity contribution is -0.126. The molecule has 0 spiro atoms. The Hall–Kier alpha value is -1.44. The zero-order valence-corrected chi connectivity index (χ0v) is 15.3. The third-order valence-electron chi connectivity index (χ3n) is 4.40. The number of piperidine rings is 1. The third-order valence-corrected chi connectivity index (χ3v) is 6.34. The van der Waals surface area contributed by atoms with Crippen molar-refractivity contribution in [1.82, 2.24) is 13.9 Å². The molecule has 0 bridgehead atoms. The van der Waals surface area contributed by atoms with Gasteiger partial charge in [0.2, 0.25) is 5.91 Å². The van der Waals surface area contributed by atoms with Gasteiger partial charge in [0.05, 0.1) is 0 Å². The molecule has 7 heteroatoms. The molecular formula is C17H27N3O3S. The number of amides is 1. The Kier molecular flexibility index (Phi) is 6.77. The Morgan fingerprint density at radius 1 is 1.21 bits per heavy atom. The van der Waals surface area contributed by atoms with Gasteiger partial charge < -0.3 is 5.32 Å². The van der Waals surface area contributed by atoms with Crippen molar-refractivity contribution in [3.8, 4) is 0 Å². The van der Waals surface area contributed by atoms with E-state index in [1.165, 1.54) is 28.3 Å². The molecule has 0 saturated carbocycles. The van der Waals surface area contributed by atoms with E-state index in [1.54, 1.807) is 0 Å². The standard InChI is InChI=1S/C17H27N3O3S/c1-19(2)24(22,23)20-13-10-16(11-14-20)17(21)18-12-6-9-15-7-4-3-5-8-15/h3-5,7-8,16H,6,9-14H2,1-2H3,(H,18,21). The van der Waals surface area contributed by atoms with Crippen LogP contribution in [0.5, 0.6) is 0 Å². The highest BCUT2D eigenvalue weighted by atomic mass is 32.2. The number of hydrogen-bond acceptors (Lipinski definition) is 3. The van der Waals surface area contributed by atoms with Crippen LogP contribution in [-0.2, 0) is 21.4 Å². The SMILES string of the molecule is CN(C)S(=O)(=O)N1CCC(C(=O)NCCCc2ccccc2)CC1. The van der Waals surface area contributed by atoms with Crippen molar-refractivity contribution < 1.29 is 13.2 Å². The molecule has 1 saturated heterocycles. The molecule has 0 atom stereocenters. The fourth-order valence-electron chi connectivity index (χ4n) is 2.87. The first-order valence-corrected chi connectivity index (χ1v) is 9.80. The van der Waals surface area contributed by atoms with Gasteiger partial charge in [0.1, 0.15) is 0 Å². The van der Waals surface area contributed by atoms with E-state index in [9.17, 15) is 13.2 Å². The van der Waals surface area contributed by atoms with Gasteiger partial charge in [-0.1, -0.05) is 30.3 Å². The minimum absolute atomic E-state index is 0.0463. The Bertz CT molecular complexity index is 624. The summed E-state index contributed by atoms with van der Waals surface area (Å²) >= 11 is 0. The lowest BCUT2D eigenvalue weighted by atomic mass is 9.97. The number of aryl methyl sites for hydroxylation is 1. The number of nitrogens with zero attached hydrogens (tertiary/aromatic N) is 2. The van der Waals surface area contributed by atoms with Crippen LogP contribution in [0, 0.1) is 5.92 Å². The van der Waals surface area contributed by atoms with E-state index in [0.717, 1.165) is 12.8 Å². The monoisotopic (exact) mass is 353 g/mol. The fourth-order valence-corrected chi connectivity index (χ4v) is 4.01. The Morgan fingerprint density at radius 2 is 1.83 bits per heavy atom. The molecule has 0 unspecified atom stereocenters. The number of carbonyl (C=O) groups excluding carboxylic acids is 1. The topological polar surface area (TPSA) is 69.7 Å². The van der Waals surface area contributed by atoms with Crippen molar-refractivity contribution in [1.29, 1.82) is 0 Å². The number of carbonyl (C=O) groups is 1. The van der Waals surface area contributed by atoms with E-state index in [4.69, 9.17) is 0 Å². The van der Waals surface area contributed by atoms with E-state index >= 15 is 0 Å². The molecule has 1 fully saturated rings. The molecule has 1 aliphatic rings. The van der Waals surface area contributed by atoms with Gasteiger partial charge >= 0.3 is 0 Å². The zero-order chi connectivity index (χ0) is 17.6. The van der Waals surface area contributed by atoms with Gasteiger partial charge in [0, 0.05) is 39.6 Å². The first-order chi connectivity index (χ1) is 11.4. The molecule has 1 heterocycles. The summed E-state index contributed by atoms with van der Waals surface area (Å²) < 4.78 is 26.8. The maximum absolute atomic E-state index is 12.2. The molecule has 1 aromatic rings. The van der Waals surface area contributed by atoms with E-state index in [0.29, 0.717) is 32.5 Å². The largest absolute Gasteiger partial charge is 0.356 e. The molecule has 24 heavy (non-hydrogen) atoms. The van der Waals surface area contributed by atoms with Crippen LogP contribution in [0.2, 0.25) is 0 Å². The second kappa shape index (κ2) is 8.60. The van der Waals surface area contributed by atoms with Gasteiger partial charge in [0.15, 0.2) is 0 Å². The summed E-state index contributed by atoms with van der Waals surface area (Å²) in [5, 5.41) is 2.98. The summed E-state index contributed by atoms with van der Waals surface area (Å²) in [4.78, 5) is 12.2. The maximum atomic E-state index is 12.2. The lowest BCUT2D eigenvalue weighted by Crippen LogP contribution is -2.46. The van der Waals surface area contributed by atoms with E-state index in [2.05, 4.69) is 17.4 Å².